The second-order valence-corrected chi connectivity index (χ2v) is 7.03. The molecule has 1 aromatic heterocycles. The van der Waals surface area contributed by atoms with Crippen molar-refractivity contribution >= 4 is 0 Å². The number of hydrogen-bond acceptors (Lipinski definition) is 3. The number of aromatic nitrogens is 2. The van der Waals surface area contributed by atoms with Gasteiger partial charge in [-0.25, -0.2) is 9.07 Å². The molecule has 0 aliphatic rings. The zero-order chi connectivity index (χ0) is 21.1. The molecule has 0 bridgehead atoms. The number of para-hydroxylation sites is 1. The van der Waals surface area contributed by atoms with Crippen LogP contribution in [0.25, 0.3) is 16.9 Å². The summed E-state index contributed by atoms with van der Waals surface area (Å²) in [5, 5.41) is 4.51. The SMILES string of the molecule is COc1cc(OC)c(C(C)c2ccc(F)cc2)cc1-c1ccnn1-c1ccccc1. The smallest absolute Gasteiger partial charge is 0.131 e. The van der Waals surface area contributed by atoms with E-state index in [1.54, 1.807) is 32.5 Å². The topological polar surface area (TPSA) is 36.3 Å². The van der Waals surface area contributed by atoms with Crippen LogP contribution in [0.4, 0.5) is 4.39 Å². The predicted molar refractivity (Wildman–Crippen MR) is 116 cm³/mol. The largest absolute Gasteiger partial charge is 0.496 e. The minimum atomic E-state index is -0.250. The third-order valence-corrected chi connectivity index (χ3v) is 5.31. The van der Waals surface area contributed by atoms with E-state index in [4.69, 9.17) is 9.47 Å². The number of hydrogen-bond donors (Lipinski definition) is 0. The lowest BCUT2D eigenvalue weighted by Gasteiger charge is -2.20. The van der Waals surface area contributed by atoms with Crippen LogP contribution in [0.1, 0.15) is 24.0 Å². The minimum Gasteiger partial charge on any atom is -0.496 e. The number of halogens is 1. The molecule has 0 saturated carbocycles. The van der Waals surface area contributed by atoms with Crippen molar-refractivity contribution in [3.63, 3.8) is 0 Å². The first-order valence-corrected chi connectivity index (χ1v) is 9.73. The van der Waals surface area contributed by atoms with Gasteiger partial charge in [-0.2, -0.15) is 5.10 Å². The Balaban J connectivity index is 1.87. The maximum Gasteiger partial charge on any atom is 0.131 e. The van der Waals surface area contributed by atoms with E-state index in [1.807, 2.05) is 47.1 Å². The molecule has 152 valence electrons. The van der Waals surface area contributed by atoms with E-state index in [2.05, 4.69) is 18.1 Å². The second kappa shape index (κ2) is 8.41. The average Bonchev–Trinajstić information content (AvgIpc) is 3.28. The van der Waals surface area contributed by atoms with Crippen molar-refractivity contribution in [1.29, 1.82) is 0 Å². The number of benzene rings is 3. The summed E-state index contributed by atoms with van der Waals surface area (Å²) in [5.74, 6) is 1.16. The summed E-state index contributed by atoms with van der Waals surface area (Å²) in [5.41, 5.74) is 4.77. The number of nitrogens with zero attached hydrogens (tertiary/aromatic N) is 2. The van der Waals surface area contributed by atoms with Crippen molar-refractivity contribution < 1.29 is 13.9 Å². The molecular formula is C25H23FN2O2. The highest BCUT2D eigenvalue weighted by atomic mass is 19.1. The molecule has 0 aliphatic heterocycles. The van der Waals surface area contributed by atoms with Gasteiger partial charge in [-0.1, -0.05) is 37.3 Å². The highest BCUT2D eigenvalue weighted by Gasteiger charge is 2.20. The van der Waals surface area contributed by atoms with Crippen LogP contribution >= 0.6 is 0 Å². The fraction of sp³-hybridized carbons (Fsp3) is 0.160. The predicted octanol–water partition coefficient (Wildman–Crippen LogP) is 5.85. The summed E-state index contributed by atoms with van der Waals surface area (Å²) in [6, 6.07) is 22.4. The summed E-state index contributed by atoms with van der Waals surface area (Å²) in [7, 11) is 3.29. The molecule has 0 saturated heterocycles. The van der Waals surface area contributed by atoms with Crippen LogP contribution in [0, 0.1) is 5.82 Å². The Morgan fingerprint density at radius 3 is 2.23 bits per heavy atom. The molecule has 0 aliphatic carbocycles. The summed E-state index contributed by atoms with van der Waals surface area (Å²) in [4.78, 5) is 0. The van der Waals surface area contributed by atoms with Crippen molar-refractivity contribution in [3.8, 4) is 28.4 Å². The molecule has 5 heteroatoms. The zero-order valence-corrected chi connectivity index (χ0v) is 17.2. The normalized spacial score (nSPS) is 11.9. The maximum atomic E-state index is 13.4. The van der Waals surface area contributed by atoms with Crippen molar-refractivity contribution in [2.45, 2.75) is 12.8 Å². The fourth-order valence-electron chi connectivity index (χ4n) is 3.68. The van der Waals surface area contributed by atoms with Crippen LogP contribution in [0.5, 0.6) is 11.5 Å². The highest BCUT2D eigenvalue weighted by Crippen LogP contribution is 2.41. The first-order valence-electron chi connectivity index (χ1n) is 9.73. The number of rotatable bonds is 6. The first-order chi connectivity index (χ1) is 14.6. The van der Waals surface area contributed by atoms with Gasteiger partial charge in [-0.15, -0.1) is 0 Å². The molecule has 4 aromatic rings. The Labute approximate surface area is 175 Å². The monoisotopic (exact) mass is 402 g/mol. The minimum absolute atomic E-state index is 0.00157. The van der Waals surface area contributed by atoms with E-state index in [0.717, 1.165) is 33.8 Å². The Kier molecular flexibility index (Phi) is 5.53. The molecule has 1 heterocycles. The van der Waals surface area contributed by atoms with Gasteiger partial charge in [0.25, 0.3) is 0 Å². The van der Waals surface area contributed by atoms with Crippen molar-refractivity contribution in [2.75, 3.05) is 14.2 Å². The first kappa shape index (κ1) is 19.7. The lowest BCUT2D eigenvalue weighted by atomic mass is 9.90. The van der Waals surface area contributed by atoms with Crippen molar-refractivity contribution in [1.82, 2.24) is 9.78 Å². The lowest BCUT2D eigenvalue weighted by molar-refractivity contribution is 0.391. The van der Waals surface area contributed by atoms with Gasteiger partial charge in [0.15, 0.2) is 0 Å². The van der Waals surface area contributed by atoms with Crippen molar-refractivity contribution in [2.24, 2.45) is 0 Å². The van der Waals surface area contributed by atoms with Gasteiger partial charge in [0.2, 0.25) is 0 Å². The molecule has 0 fully saturated rings. The van der Waals surface area contributed by atoms with E-state index >= 15 is 0 Å². The molecule has 30 heavy (non-hydrogen) atoms. The van der Waals surface area contributed by atoms with E-state index in [9.17, 15) is 4.39 Å². The average molecular weight is 402 g/mol. The van der Waals surface area contributed by atoms with Crippen LogP contribution < -0.4 is 9.47 Å². The van der Waals surface area contributed by atoms with E-state index in [-0.39, 0.29) is 11.7 Å². The van der Waals surface area contributed by atoms with Gasteiger partial charge in [0, 0.05) is 23.1 Å². The molecule has 4 rings (SSSR count). The Hall–Kier alpha value is -3.60. The summed E-state index contributed by atoms with van der Waals surface area (Å²) in [6.45, 7) is 2.08. The van der Waals surface area contributed by atoms with Gasteiger partial charge in [0.05, 0.1) is 31.8 Å². The van der Waals surface area contributed by atoms with Gasteiger partial charge >= 0.3 is 0 Å². The molecule has 0 N–H and O–H groups in total. The van der Waals surface area contributed by atoms with E-state index in [0.29, 0.717) is 5.75 Å². The van der Waals surface area contributed by atoms with Crippen LogP contribution in [-0.4, -0.2) is 24.0 Å². The Morgan fingerprint density at radius 2 is 1.57 bits per heavy atom. The third-order valence-electron chi connectivity index (χ3n) is 5.31. The van der Waals surface area contributed by atoms with Gasteiger partial charge in [-0.05, 0) is 42.0 Å². The summed E-state index contributed by atoms with van der Waals surface area (Å²) < 4.78 is 26.6. The van der Waals surface area contributed by atoms with E-state index < -0.39 is 0 Å². The highest BCUT2D eigenvalue weighted by molar-refractivity contribution is 5.72. The summed E-state index contributed by atoms with van der Waals surface area (Å²) >= 11 is 0. The third kappa shape index (κ3) is 3.66. The summed E-state index contributed by atoms with van der Waals surface area (Å²) in [6.07, 6.45) is 1.77. The lowest BCUT2D eigenvalue weighted by Crippen LogP contribution is -2.04. The molecular weight excluding hydrogens is 379 g/mol. The van der Waals surface area contributed by atoms with Gasteiger partial charge < -0.3 is 9.47 Å². The van der Waals surface area contributed by atoms with Gasteiger partial charge in [-0.3, -0.25) is 0 Å². The van der Waals surface area contributed by atoms with Crippen molar-refractivity contribution in [3.05, 3.63) is 95.9 Å². The fourth-order valence-corrected chi connectivity index (χ4v) is 3.68. The van der Waals surface area contributed by atoms with Gasteiger partial charge in [0.1, 0.15) is 17.3 Å². The standard InChI is InChI=1S/C25H23FN2O2/c1-17(18-9-11-19(26)12-10-18)21-15-22(25(30-3)16-24(21)29-2)23-13-14-27-28(23)20-7-5-4-6-8-20/h4-17H,1-3H3. The maximum absolute atomic E-state index is 13.4. The number of ether oxygens (including phenoxy) is 2. The molecule has 1 atom stereocenters. The van der Waals surface area contributed by atoms with E-state index in [1.165, 1.54) is 12.1 Å². The number of methoxy groups -OCH3 is 2. The second-order valence-electron chi connectivity index (χ2n) is 7.03. The quantitative estimate of drug-likeness (QED) is 0.406. The molecule has 0 spiro atoms. The van der Waals surface area contributed by atoms with Crippen LogP contribution in [0.15, 0.2) is 79.0 Å². The Bertz CT molecular complexity index is 1140. The molecule has 0 radical (unpaired) electrons. The molecule has 4 nitrogen and oxygen atoms in total. The molecule has 3 aromatic carbocycles. The molecule has 1 unspecified atom stereocenters. The van der Waals surface area contributed by atoms with Crippen LogP contribution in [0.3, 0.4) is 0 Å². The zero-order valence-electron chi connectivity index (χ0n) is 17.2. The van der Waals surface area contributed by atoms with Crippen LogP contribution in [-0.2, 0) is 0 Å². The Morgan fingerprint density at radius 1 is 0.867 bits per heavy atom. The van der Waals surface area contributed by atoms with Crippen LogP contribution in [0.2, 0.25) is 0 Å². The molecule has 0 amide bonds.